The second-order valence-corrected chi connectivity index (χ2v) is 6.80. The number of amides is 1. The smallest absolute Gasteiger partial charge is 0.242 e. The zero-order valence-corrected chi connectivity index (χ0v) is 15.8. The van der Waals surface area contributed by atoms with Crippen molar-refractivity contribution in [1.82, 2.24) is 15.5 Å². The van der Waals surface area contributed by atoms with Crippen molar-refractivity contribution in [3.05, 3.63) is 35.4 Å². The second-order valence-electron chi connectivity index (χ2n) is 6.80. The Morgan fingerprint density at radius 1 is 1.28 bits per heavy atom. The summed E-state index contributed by atoms with van der Waals surface area (Å²) >= 11 is 0. The van der Waals surface area contributed by atoms with Crippen molar-refractivity contribution >= 4 is 11.9 Å². The largest absolute Gasteiger partial charge is 0.354 e. The summed E-state index contributed by atoms with van der Waals surface area (Å²) in [7, 11) is 1.75. The minimum Gasteiger partial charge on any atom is -0.354 e. The highest BCUT2D eigenvalue weighted by Gasteiger charge is 2.20. The third-order valence-electron chi connectivity index (χ3n) is 4.74. The first-order valence-corrected chi connectivity index (χ1v) is 9.45. The van der Waals surface area contributed by atoms with Gasteiger partial charge in [0.05, 0.1) is 6.54 Å². The van der Waals surface area contributed by atoms with Gasteiger partial charge < -0.3 is 15.5 Å². The highest BCUT2D eigenvalue weighted by Crippen LogP contribution is 2.18. The van der Waals surface area contributed by atoms with Gasteiger partial charge in [0.25, 0.3) is 0 Å². The van der Waals surface area contributed by atoms with Gasteiger partial charge in [-0.25, -0.2) is 0 Å². The van der Waals surface area contributed by atoms with E-state index in [4.69, 9.17) is 0 Å². The molecule has 138 valence electrons. The van der Waals surface area contributed by atoms with Gasteiger partial charge in [0.15, 0.2) is 5.96 Å². The Bertz CT molecular complexity index is 585. The van der Waals surface area contributed by atoms with E-state index in [0.29, 0.717) is 18.5 Å². The Morgan fingerprint density at radius 3 is 2.76 bits per heavy atom. The molecular formula is C20H32N4O. The van der Waals surface area contributed by atoms with Crippen molar-refractivity contribution in [3.63, 3.8) is 0 Å². The average Bonchev–Trinajstić information content (AvgIpc) is 2.64. The number of hydrogen-bond acceptors (Lipinski definition) is 2. The van der Waals surface area contributed by atoms with E-state index in [2.05, 4.69) is 47.7 Å². The molecule has 0 aliphatic carbocycles. The van der Waals surface area contributed by atoms with Gasteiger partial charge in [0.1, 0.15) is 0 Å². The van der Waals surface area contributed by atoms with E-state index in [9.17, 15) is 4.79 Å². The molecule has 1 atom stereocenters. The number of aliphatic imine (C=N–C) groups is 1. The Balaban J connectivity index is 1.77. The number of nitrogens with zero attached hydrogens (tertiary/aromatic N) is 2. The van der Waals surface area contributed by atoms with Gasteiger partial charge in [0.2, 0.25) is 5.91 Å². The number of rotatable bonds is 7. The van der Waals surface area contributed by atoms with E-state index in [1.165, 1.54) is 30.4 Å². The molecule has 1 aliphatic rings. The van der Waals surface area contributed by atoms with Crippen LogP contribution in [0, 0.1) is 0 Å². The lowest BCUT2D eigenvalue weighted by atomic mass is 10.00. The Labute approximate surface area is 151 Å². The fraction of sp³-hybridized carbons (Fsp3) is 0.600. The molecule has 5 nitrogen and oxygen atoms in total. The van der Waals surface area contributed by atoms with E-state index in [1.54, 1.807) is 7.05 Å². The van der Waals surface area contributed by atoms with Crippen LogP contribution in [0.15, 0.2) is 29.3 Å². The molecule has 2 rings (SSSR count). The minimum atomic E-state index is 0.121. The van der Waals surface area contributed by atoms with Crippen molar-refractivity contribution in [2.75, 3.05) is 20.1 Å². The molecule has 0 radical (unpaired) electrons. The molecule has 1 aromatic rings. The maximum atomic E-state index is 12.5. The Hall–Kier alpha value is -2.04. The number of fused-ring (bicyclic) bond motifs is 1. The molecule has 0 fully saturated rings. The fourth-order valence-electron chi connectivity index (χ4n) is 3.18. The number of unbranched alkanes of at least 4 members (excludes halogenated alkanes) is 2. The summed E-state index contributed by atoms with van der Waals surface area (Å²) < 4.78 is 0. The van der Waals surface area contributed by atoms with Gasteiger partial charge >= 0.3 is 0 Å². The van der Waals surface area contributed by atoms with Gasteiger partial charge in [-0.1, -0.05) is 50.5 Å². The topological polar surface area (TPSA) is 56.7 Å². The maximum absolute atomic E-state index is 12.5. The number of guanidine groups is 1. The standard InChI is InChI=1S/C20H32N4O/c1-4-5-6-9-16(2)23-20(21-3)22-14-19(25)24-13-12-17-10-7-8-11-18(17)15-24/h7-8,10-11,16H,4-6,9,12-15H2,1-3H3,(H2,21,22,23). The van der Waals surface area contributed by atoms with Crippen molar-refractivity contribution < 1.29 is 4.79 Å². The highest BCUT2D eigenvalue weighted by atomic mass is 16.2. The SMILES string of the molecule is CCCCCC(C)NC(=NC)NCC(=O)N1CCc2ccccc2C1. The van der Waals surface area contributed by atoms with Crippen molar-refractivity contribution in [2.24, 2.45) is 4.99 Å². The van der Waals surface area contributed by atoms with Crippen LogP contribution in [0.3, 0.4) is 0 Å². The molecule has 1 amide bonds. The van der Waals surface area contributed by atoms with E-state index >= 15 is 0 Å². The molecule has 1 aliphatic heterocycles. The molecular weight excluding hydrogens is 312 g/mol. The van der Waals surface area contributed by atoms with Crippen LogP contribution in [-0.2, 0) is 17.8 Å². The zero-order valence-electron chi connectivity index (χ0n) is 15.8. The lowest BCUT2D eigenvalue weighted by Gasteiger charge is -2.29. The monoisotopic (exact) mass is 344 g/mol. The number of carbonyl (C=O) groups is 1. The van der Waals surface area contributed by atoms with Gasteiger partial charge in [-0.15, -0.1) is 0 Å². The first kappa shape index (κ1) is 19.3. The van der Waals surface area contributed by atoms with E-state index < -0.39 is 0 Å². The molecule has 25 heavy (non-hydrogen) atoms. The summed E-state index contributed by atoms with van der Waals surface area (Å²) in [6.45, 7) is 6.14. The van der Waals surface area contributed by atoms with Crippen molar-refractivity contribution in [3.8, 4) is 0 Å². The number of benzene rings is 1. The average molecular weight is 345 g/mol. The highest BCUT2D eigenvalue weighted by molar-refractivity contribution is 5.86. The molecule has 1 aromatic carbocycles. The van der Waals surface area contributed by atoms with Gasteiger partial charge in [0, 0.05) is 26.2 Å². The fourth-order valence-corrected chi connectivity index (χ4v) is 3.18. The number of hydrogen-bond donors (Lipinski definition) is 2. The molecule has 0 aromatic heterocycles. The lowest BCUT2D eigenvalue weighted by Crippen LogP contribution is -2.47. The zero-order chi connectivity index (χ0) is 18.1. The normalized spacial score (nSPS) is 15.5. The summed E-state index contributed by atoms with van der Waals surface area (Å²) in [5.74, 6) is 0.825. The molecule has 0 bridgehead atoms. The van der Waals surface area contributed by atoms with Crippen LogP contribution in [0.2, 0.25) is 0 Å². The van der Waals surface area contributed by atoms with Gasteiger partial charge in [-0.05, 0) is 30.9 Å². The van der Waals surface area contributed by atoms with Gasteiger partial charge in [-0.2, -0.15) is 0 Å². The lowest BCUT2D eigenvalue weighted by molar-refractivity contribution is -0.130. The summed E-state index contributed by atoms with van der Waals surface area (Å²) in [6, 6.07) is 8.72. The molecule has 0 saturated carbocycles. The minimum absolute atomic E-state index is 0.121. The molecule has 0 spiro atoms. The predicted molar refractivity (Wildman–Crippen MR) is 104 cm³/mol. The van der Waals surface area contributed by atoms with Crippen LogP contribution in [-0.4, -0.2) is 42.9 Å². The van der Waals surface area contributed by atoms with E-state index in [1.807, 2.05) is 11.0 Å². The first-order valence-electron chi connectivity index (χ1n) is 9.45. The predicted octanol–water partition coefficient (Wildman–Crippen LogP) is 2.71. The Kier molecular flexibility index (Phi) is 7.76. The molecule has 1 unspecified atom stereocenters. The molecule has 0 saturated heterocycles. The number of carbonyl (C=O) groups excluding carboxylic acids is 1. The van der Waals surface area contributed by atoms with Crippen LogP contribution in [0.5, 0.6) is 0 Å². The maximum Gasteiger partial charge on any atom is 0.242 e. The van der Waals surface area contributed by atoms with Crippen LogP contribution in [0.4, 0.5) is 0 Å². The van der Waals surface area contributed by atoms with E-state index in [0.717, 1.165) is 19.4 Å². The molecule has 1 heterocycles. The summed E-state index contributed by atoms with van der Waals surface area (Å²) in [6.07, 6.45) is 5.75. The van der Waals surface area contributed by atoms with Crippen LogP contribution >= 0.6 is 0 Å². The quantitative estimate of drug-likeness (QED) is 0.454. The third kappa shape index (κ3) is 6.07. The van der Waals surface area contributed by atoms with Crippen LogP contribution in [0.1, 0.15) is 50.7 Å². The van der Waals surface area contributed by atoms with Crippen LogP contribution < -0.4 is 10.6 Å². The van der Waals surface area contributed by atoms with Crippen LogP contribution in [0.25, 0.3) is 0 Å². The van der Waals surface area contributed by atoms with Gasteiger partial charge in [-0.3, -0.25) is 9.79 Å². The van der Waals surface area contributed by atoms with E-state index in [-0.39, 0.29) is 12.5 Å². The molecule has 5 heteroatoms. The summed E-state index contributed by atoms with van der Waals surface area (Å²) in [4.78, 5) is 18.7. The second kappa shape index (κ2) is 10.1. The Morgan fingerprint density at radius 2 is 2.04 bits per heavy atom. The number of nitrogens with one attached hydrogen (secondary N) is 2. The van der Waals surface area contributed by atoms with Crippen molar-refractivity contribution in [2.45, 2.75) is 58.5 Å². The summed E-state index contributed by atoms with van der Waals surface area (Å²) in [5.41, 5.74) is 2.62. The van der Waals surface area contributed by atoms with Crippen molar-refractivity contribution in [1.29, 1.82) is 0 Å². The first-order chi connectivity index (χ1) is 12.1. The molecule has 2 N–H and O–H groups in total. The third-order valence-corrected chi connectivity index (χ3v) is 4.74. The summed E-state index contributed by atoms with van der Waals surface area (Å²) in [5, 5.41) is 6.53.